The van der Waals surface area contributed by atoms with Gasteiger partial charge in [0.15, 0.2) is 15.8 Å². The molecule has 1 atom stereocenters. The van der Waals surface area contributed by atoms with Crippen molar-refractivity contribution in [1.82, 2.24) is 20.0 Å². The molecule has 0 bridgehead atoms. The molecule has 0 aromatic carbocycles. The van der Waals surface area contributed by atoms with E-state index in [0.717, 1.165) is 26.1 Å². The Morgan fingerprint density at radius 1 is 1.30 bits per heavy atom. The average molecular weight is 402 g/mol. The number of sulfone groups is 1. The van der Waals surface area contributed by atoms with Crippen LogP contribution >= 0.6 is 0 Å². The zero-order chi connectivity index (χ0) is 20.2. The van der Waals surface area contributed by atoms with Crippen molar-refractivity contribution in [2.45, 2.75) is 44.4 Å². The molecule has 0 aliphatic carbocycles. The maximum absolute atomic E-state index is 12.3. The number of nitrogens with one attached hydrogen (secondary N) is 1. The Morgan fingerprint density at radius 2 is 2.00 bits per heavy atom. The minimum atomic E-state index is -3.12. The summed E-state index contributed by atoms with van der Waals surface area (Å²) in [6.07, 6.45) is 2.34. The zero-order valence-electron chi connectivity index (χ0n) is 17.4. The van der Waals surface area contributed by atoms with Gasteiger partial charge in [-0.3, -0.25) is 9.69 Å². The molecule has 2 rings (SSSR count). The quantitative estimate of drug-likeness (QED) is 0.516. The molecule has 0 aromatic rings. The predicted molar refractivity (Wildman–Crippen MR) is 109 cm³/mol. The topological polar surface area (TPSA) is 85.3 Å². The molecule has 1 amide bonds. The minimum absolute atomic E-state index is 0.0567. The minimum Gasteiger partial charge on any atom is -0.355 e. The van der Waals surface area contributed by atoms with Gasteiger partial charge in [0.25, 0.3) is 0 Å². The van der Waals surface area contributed by atoms with Crippen LogP contribution in [0.3, 0.4) is 0 Å². The Labute approximate surface area is 163 Å². The number of rotatable bonds is 5. The highest BCUT2D eigenvalue weighted by Gasteiger charge is 2.41. The summed E-state index contributed by atoms with van der Waals surface area (Å²) in [6.45, 7) is 9.40. The first-order valence-corrected chi connectivity index (χ1v) is 11.4. The summed E-state index contributed by atoms with van der Waals surface area (Å²) in [6, 6.07) is 0.450. The molecule has 2 heterocycles. The number of guanidine groups is 1. The van der Waals surface area contributed by atoms with Crippen molar-refractivity contribution < 1.29 is 13.2 Å². The highest BCUT2D eigenvalue weighted by molar-refractivity contribution is 7.92. The molecular formula is C18H35N5O3S. The smallest absolute Gasteiger partial charge is 0.243 e. The summed E-state index contributed by atoms with van der Waals surface area (Å²) in [7, 11) is 0.292. The molecule has 1 N–H and O–H groups in total. The van der Waals surface area contributed by atoms with Crippen LogP contribution in [0.1, 0.15) is 33.6 Å². The van der Waals surface area contributed by atoms with E-state index in [1.165, 1.54) is 11.3 Å². The Morgan fingerprint density at radius 3 is 2.59 bits per heavy atom. The van der Waals surface area contributed by atoms with E-state index in [9.17, 15) is 13.2 Å². The summed E-state index contributed by atoms with van der Waals surface area (Å²) in [5, 5.41) is 3.42. The van der Waals surface area contributed by atoms with Gasteiger partial charge in [-0.2, -0.15) is 0 Å². The number of hydrogen-bond donors (Lipinski definition) is 1. The van der Waals surface area contributed by atoms with Gasteiger partial charge in [0.2, 0.25) is 5.91 Å². The van der Waals surface area contributed by atoms with Crippen LogP contribution < -0.4 is 5.32 Å². The Balaban J connectivity index is 2.12. The van der Waals surface area contributed by atoms with E-state index in [-0.39, 0.29) is 18.2 Å². The van der Waals surface area contributed by atoms with Crippen LogP contribution in [-0.2, 0) is 14.6 Å². The summed E-state index contributed by atoms with van der Waals surface area (Å²) < 4.78 is 23.8. The molecule has 9 heteroatoms. The molecule has 0 aromatic heterocycles. The van der Waals surface area contributed by atoms with E-state index in [2.05, 4.69) is 22.1 Å². The number of nitrogens with zero attached hydrogens (tertiary/aromatic N) is 4. The molecule has 0 radical (unpaired) electrons. The van der Waals surface area contributed by atoms with Crippen molar-refractivity contribution in [3.05, 3.63) is 0 Å². The van der Waals surface area contributed by atoms with Gasteiger partial charge in [-0.05, 0) is 39.8 Å². The van der Waals surface area contributed by atoms with Crippen molar-refractivity contribution in [2.75, 3.05) is 59.1 Å². The normalized spacial score (nSPS) is 25.4. The van der Waals surface area contributed by atoms with E-state index in [0.29, 0.717) is 25.1 Å². The number of aliphatic imine (C=N–C) groups is 1. The van der Waals surface area contributed by atoms with Crippen LogP contribution in [-0.4, -0.2) is 105 Å². The zero-order valence-corrected chi connectivity index (χ0v) is 18.2. The van der Waals surface area contributed by atoms with Crippen molar-refractivity contribution >= 4 is 21.7 Å². The number of carbonyl (C=O) groups is 1. The summed E-state index contributed by atoms with van der Waals surface area (Å²) in [5.74, 6) is 0.665. The van der Waals surface area contributed by atoms with Gasteiger partial charge < -0.3 is 15.1 Å². The second-order valence-electron chi connectivity index (χ2n) is 8.23. The Hall–Kier alpha value is -1.35. The second-order valence-corrected chi connectivity index (χ2v) is 11.0. The Bertz CT molecular complexity index is 660. The summed E-state index contributed by atoms with van der Waals surface area (Å²) >= 11 is 0. The fourth-order valence-electron chi connectivity index (χ4n) is 3.63. The standard InChI is InChI=1S/C18H35N5O3S/c1-6-22-9-7-8-15(22)12-19-17(20-13-16(24)21(4)5)23-10-11-27(25,26)18(2,3)14-23/h15H,6-14H2,1-5H3,(H,19,20). The van der Waals surface area contributed by atoms with Crippen molar-refractivity contribution in [1.29, 1.82) is 0 Å². The van der Waals surface area contributed by atoms with Crippen molar-refractivity contribution in [3.8, 4) is 0 Å². The number of likely N-dealkylation sites (tertiary alicyclic amines) is 1. The monoisotopic (exact) mass is 401 g/mol. The number of hydrogen-bond acceptors (Lipinski definition) is 5. The van der Waals surface area contributed by atoms with Gasteiger partial charge in [-0.25, -0.2) is 13.4 Å². The van der Waals surface area contributed by atoms with Gasteiger partial charge in [0, 0.05) is 39.8 Å². The summed E-state index contributed by atoms with van der Waals surface area (Å²) in [5.41, 5.74) is 0. The molecule has 156 valence electrons. The van der Waals surface area contributed by atoms with E-state index >= 15 is 0 Å². The Kier molecular flexibility index (Phi) is 7.13. The van der Waals surface area contributed by atoms with E-state index in [1.807, 2.05) is 4.90 Å². The highest BCUT2D eigenvalue weighted by Crippen LogP contribution is 2.24. The maximum Gasteiger partial charge on any atom is 0.243 e. The second kappa shape index (κ2) is 8.77. The molecule has 1 unspecified atom stereocenters. The number of likely N-dealkylation sites (N-methyl/N-ethyl adjacent to an activating group) is 2. The van der Waals surface area contributed by atoms with Gasteiger partial charge in [0.05, 0.1) is 10.5 Å². The van der Waals surface area contributed by atoms with E-state index < -0.39 is 14.6 Å². The first kappa shape index (κ1) is 21.9. The highest BCUT2D eigenvalue weighted by atomic mass is 32.2. The third-order valence-corrected chi connectivity index (χ3v) is 8.14. The number of carbonyl (C=O) groups excluding carboxylic acids is 1. The molecule has 0 saturated carbocycles. The van der Waals surface area contributed by atoms with Crippen LogP contribution in [0.4, 0.5) is 0 Å². The lowest BCUT2D eigenvalue weighted by atomic mass is 10.2. The average Bonchev–Trinajstić information content (AvgIpc) is 3.04. The molecule has 2 aliphatic heterocycles. The molecule has 2 fully saturated rings. The van der Waals surface area contributed by atoms with Crippen molar-refractivity contribution in [2.24, 2.45) is 4.99 Å². The molecule has 27 heavy (non-hydrogen) atoms. The van der Waals surface area contributed by atoms with Crippen LogP contribution in [0.2, 0.25) is 0 Å². The third kappa shape index (κ3) is 5.34. The maximum atomic E-state index is 12.3. The van der Waals surface area contributed by atoms with E-state index in [1.54, 1.807) is 27.9 Å². The lowest BCUT2D eigenvalue weighted by Gasteiger charge is -2.39. The predicted octanol–water partition coefficient (Wildman–Crippen LogP) is 0.0135. The van der Waals surface area contributed by atoms with E-state index in [4.69, 9.17) is 0 Å². The molecule has 2 aliphatic rings. The van der Waals surface area contributed by atoms with Crippen LogP contribution in [0.15, 0.2) is 4.99 Å². The van der Waals surface area contributed by atoms with Gasteiger partial charge in [-0.1, -0.05) is 6.92 Å². The molecule has 8 nitrogen and oxygen atoms in total. The molecular weight excluding hydrogens is 366 g/mol. The SMILES string of the molecule is CCN1CCCC1CNC(=NCC(=O)N(C)C)N1CCS(=O)(=O)C(C)(C)C1. The fraction of sp³-hybridized carbons (Fsp3) is 0.889. The van der Waals surface area contributed by atoms with Crippen molar-refractivity contribution in [3.63, 3.8) is 0 Å². The molecule has 0 spiro atoms. The largest absolute Gasteiger partial charge is 0.355 e. The van der Waals surface area contributed by atoms with Gasteiger partial charge in [-0.15, -0.1) is 0 Å². The van der Waals surface area contributed by atoms with Gasteiger partial charge in [0.1, 0.15) is 6.54 Å². The first-order chi connectivity index (χ1) is 12.6. The number of amides is 1. The first-order valence-electron chi connectivity index (χ1n) is 9.77. The lowest BCUT2D eigenvalue weighted by molar-refractivity contribution is -0.127. The third-order valence-electron chi connectivity index (χ3n) is 5.61. The molecule has 2 saturated heterocycles. The fourth-order valence-corrected chi connectivity index (χ4v) is 4.99. The van der Waals surface area contributed by atoms with Gasteiger partial charge >= 0.3 is 0 Å². The lowest BCUT2D eigenvalue weighted by Crippen LogP contribution is -2.58. The van der Waals surface area contributed by atoms with Crippen LogP contribution in [0.5, 0.6) is 0 Å². The van der Waals surface area contributed by atoms with Crippen LogP contribution in [0.25, 0.3) is 0 Å². The summed E-state index contributed by atoms with van der Waals surface area (Å²) in [4.78, 5) is 22.4. The van der Waals surface area contributed by atoms with Crippen LogP contribution in [0, 0.1) is 0 Å².